The van der Waals surface area contributed by atoms with E-state index in [1.807, 2.05) is 19.1 Å². The molecule has 0 amide bonds. The minimum absolute atomic E-state index is 0.234. The van der Waals surface area contributed by atoms with Gasteiger partial charge in [0.1, 0.15) is 5.75 Å². The van der Waals surface area contributed by atoms with Gasteiger partial charge in [0.05, 0.1) is 6.61 Å². The molecule has 1 aliphatic rings. The fourth-order valence-corrected chi connectivity index (χ4v) is 2.30. The molecule has 0 radical (unpaired) electrons. The normalized spacial score (nSPS) is 23.7. The highest BCUT2D eigenvalue weighted by Crippen LogP contribution is 2.37. The Labute approximate surface area is 110 Å². The lowest BCUT2D eigenvalue weighted by Crippen LogP contribution is -2.30. The first kappa shape index (κ1) is 13.4. The molecule has 18 heavy (non-hydrogen) atoms. The lowest BCUT2D eigenvalue weighted by atomic mass is 10.1. The van der Waals surface area contributed by atoms with Gasteiger partial charge >= 0.3 is 0 Å². The molecule has 0 aromatic heterocycles. The van der Waals surface area contributed by atoms with Crippen molar-refractivity contribution in [2.75, 3.05) is 19.7 Å². The van der Waals surface area contributed by atoms with Crippen LogP contribution in [0.5, 0.6) is 5.75 Å². The number of nitrogens with one attached hydrogen (secondary N) is 1. The first-order chi connectivity index (χ1) is 8.74. The molecule has 0 bridgehead atoms. The van der Waals surface area contributed by atoms with Crippen LogP contribution in [0, 0.1) is 11.8 Å². The third-order valence-electron chi connectivity index (χ3n) is 3.71. The van der Waals surface area contributed by atoms with Gasteiger partial charge in [-0.05, 0) is 49.4 Å². The number of hydrogen-bond acceptors (Lipinski definition) is 3. The molecule has 3 N–H and O–H groups in total. The fourth-order valence-electron chi connectivity index (χ4n) is 2.30. The third kappa shape index (κ3) is 3.47. The third-order valence-corrected chi connectivity index (χ3v) is 3.71. The molecule has 3 unspecified atom stereocenters. The van der Waals surface area contributed by atoms with Crippen LogP contribution in [0.2, 0.25) is 0 Å². The van der Waals surface area contributed by atoms with Gasteiger partial charge in [-0.25, -0.2) is 0 Å². The lowest BCUT2D eigenvalue weighted by Gasteiger charge is -2.18. The summed E-state index contributed by atoms with van der Waals surface area (Å²) >= 11 is 0. The van der Waals surface area contributed by atoms with E-state index < -0.39 is 0 Å². The molecule has 100 valence electrons. The van der Waals surface area contributed by atoms with Crippen LogP contribution in [0.1, 0.15) is 31.9 Å². The molecule has 3 nitrogen and oxygen atoms in total. The molecule has 0 spiro atoms. The van der Waals surface area contributed by atoms with Gasteiger partial charge in [-0.3, -0.25) is 0 Å². The van der Waals surface area contributed by atoms with Crippen molar-refractivity contribution in [3.05, 3.63) is 29.8 Å². The summed E-state index contributed by atoms with van der Waals surface area (Å²) in [5.41, 5.74) is 7.09. The Morgan fingerprint density at radius 1 is 1.50 bits per heavy atom. The first-order valence-corrected chi connectivity index (χ1v) is 6.90. The van der Waals surface area contributed by atoms with Crippen LogP contribution in [0.4, 0.5) is 0 Å². The predicted octanol–water partition coefficient (Wildman–Crippen LogP) is 2.33. The van der Waals surface area contributed by atoms with Crippen LogP contribution in [-0.2, 0) is 0 Å². The molecule has 1 aromatic rings. The van der Waals surface area contributed by atoms with E-state index >= 15 is 0 Å². The zero-order valence-electron chi connectivity index (χ0n) is 11.4. The Balaban J connectivity index is 1.95. The average molecular weight is 248 g/mol. The molecule has 0 saturated heterocycles. The number of rotatable bonds is 7. The van der Waals surface area contributed by atoms with E-state index in [0.29, 0.717) is 13.2 Å². The van der Waals surface area contributed by atoms with Crippen LogP contribution >= 0.6 is 0 Å². The fraction of sp³-hybridized carbons (Fsp3) is 0.600. The zero-order valence-corrected chi connectivity index (χ0v) is 11.4. The molecule has 3 atom stereocenters. The Hall–Kier alpha value is -1.06. The second kappa shape index (κ2) is 6.21. The number of ether oxygens (including phenoxy) is 1. The topological polar surface area (TPSA) is 47.3 Å². The maximum atomic E-state index is 5.87. The van der Waals surface area contributed by atoms with Gasteiger partial charge in [0, 0.05) is 12.6 Å². The molecule has 1 aromatic carbocycles. The van der Waals surface area contributed by atoms with Gasteiger partial charge in [-0.15, -0.1) is 0 Å². The first-order valence-electron chi connectivity index (χ1n) is 6.90. The minimum atomic E-state index is 0.234. The molecule has 3 heteroatoms. The van der Waals surface area contributed by atoms with Crippen molar-refractivity contribution in [2.24, 2.45) is 17.6 Å². The molecule has 1 fully saturated rings. The molecule has 0 aliphatic heterocycles. The number of benzene rings is 1. The van der Waals surface area contributed by atoms with Crippen molar-refractivity contribution in [1.82, 2.24) is 5.32 Å². The molecule has 1 aliphatic carbocycles. The van der Waals surface area contributed by atoms with E-state index in [4.69, 9.17) is 10.5 Å². The largest absolute Gasteiger partial charge is 0.494 e. The number of hydrogen-bond donors (Lipinski definition) is 2. The van der Waals surface area contributed by atoms with E-state index in [1.54, 1.807) is 0 Å². The van der Waals surface area contributed by atoms with Crippen LogP contribution in [0.15, 0.2) is 24.3 Å². The lowest BCUT2D eigenvalue weighted by molar-refractivity contribution is 0.339. The zero-order chi connectivity index (χ0) is 13.0. The van der Waals surface area contributed by atoms with Gasteiger partial charge in [-0.2, -0.15) is 0 Å². The van der Waals surface area contributed by atoms with E-state index in [9.17, 15) is 0 Å². The summed E-state index contributed by atoms with van der Waals surface area (Å²) in [5.74, 6) is 2.65. The van der Waals surface area contributed by atoms with Gasteiger partial charge < -0.3 is 15.8 Å². The molecule has 1 saturated carbocycles. The molecule has 0 heterocycles. The summed E-state index contributed by atoms with van der Waals surface area (Å²) in [7, 11) is 0. The van der Waals surface area contributed by atoms with E-state index in [1.165, 1.54) is 12.0 Å². The van der Waals surface area contributed by atoms with Crippen molar-refractivity contribution < 1.29 is 4.74 Å². The van der Waals surface area contributed by atoms with Gasteiger partial charge in [0.25, 0.3) is 0 Å². The Kier molecular flexibility index (Phi) is 4.61. The van der Waals surface area contributed by atoms with Crippen molar-refractivity contribution in [2.45, 2.75) is 26.3 Å². The van der Waals surface area contributed by atoms with Gasteiger partial charge in [-0.1, -0.05) is 19.1 Å². The summed E-state index contributed by atoms with van der Waals surface area (Å²) in [4.78, 5) is 0. The van der Waals surface area contributed by atoms with Crippen LogP contribution in [0.25, 0.3) is 0 Å². The average Bonchev–Trinajstić information content (AvgIpc) is 3.07. The van der Waals surface area contributed by atoms with Crippen molar-refractivity contribution >= 4 is 0 Å². The van der Waals surface area contributed by atoms with Gasteiger partial charge in [0.15, 0.2) is 0 Å². The Morgan fingerprint density at radius 2 is 2.28 bits per heavy atom. The monoisotopic (exact) mass is 248 g/mol. The van der Waals surface area contributed by atoms with E-state index in [-0.39, 0.29) is 6.04 Å². The van der Waals surface area contributed by atoms with Crippen LogP contribution < -0.4 is 15.8 Å². The van der Waals surface area contributed by atoms with Crippen LogP contribution in [0.3, 0.4) is 0 Å². The summed E-state index contributed by atoms with van der Waals surface area (Å²) < 4.78 is 5.53. The maximum Gasteiger partial charge on any atom is 0.119 e. The van der Waals surface area contributed by atoms with Gasteiger partial charge in [0.2, 0.25) is 0 Å². The highest BCUT2D eigenvalue weighted by Gasteiger charge is 2.32. The number of nitrogens with two attached hydrogens (primary N) is 1. The quantitative estimate of drug-likeness (QED) is 0.778. The Morgan fingerprint density at radius 3 is 2.89 bits per heavy atom. The van der Waals surface area contributed by atoms with E-state index in [0.717, 1.165) is 24.1 Å². The summed E-state index contributed by atoms with van der Waals surface area (Å²) in [5, 5.41) is 3.57. The SMILES string of the molecule is CCOc1cccc(C(CN)NCC2CC2C)c1. The van der Waals surface area contributed by atoms with Crippen LogP contribution in [-0.4, -0.2) is 19.7 Å². The minimum Gasteiger partial charge on any atom is -0.494 e. The predicted molar refractivity (Wildman–Crippen MR) is 74.7 cm³/mol. The molecular formula is C15H24N2O. The standard InChI is InChI=1S/C15H24N2O/c1-3-18-14-6-4-5-12(8-14)15(9-16)17-10-13-7-11(13)2/h4-6,8,11,13,15,17H,3,7,9-10,16H2,1-2H3. The molecule has 2 rings (SSSR count). The highest BCUT2D eigenvalue weighted by atomic mass is 16.5. The van der Waals surface area contributed by atoms with Crippen molar-refractivity contribution in [3.8, 4) is 5.75 Å². The second-order valence-electron chi connectivity index (χ2n) is 5.18. The second-order valence-corrected chi connectivity index (χ2v) is 5.18. The van der Waals surface area contributed by atoms with Crippen molar-refractivity contribution in [3.63, 3.8) is 0 Å². The smallest absolute Gasteiger partial charge is 0.119 e. The van der Waals surface area contributed by atoms with E-state index in [2.05, 4.69) is 24.4 Å². The Bertz CT molecular complexity index is 381. The highest BCUT2D eigenvalue weighted by molar-refractivity contribution is 5.30. The maximum absolute atomic E-state index is 5.87. The summed E-state index contributed by atoms with van der Waals surface area (Å²) in [6, 6.07) is 8.46. The summed E-state index contributed by atoms with van der Waals surface area (Å²) in [6.45, 7) is 6.70. The molecular weight excluding hydrogens is 224 g/mol. The van der Waals surface area contributed by atoms with Crippen molar-refractivity contribution in [1.29, 1.82) is 0 Å². The summed E-state index contributed by atoms with van der Waals surface area (Å²) in [6.07, 6.45) is 1.35.